The fourth-order valence-electron chi connectivity index (χ4n) is 2.27. The van der Waals surface area contributed by atoms with Gasteiger partial charge >= 0.3 is 0 Å². The minimum Gasteiger partial charge on any atom is -0.493 e. The lowest BCUT2D eigenvalue weighted by Crippen LogP contribution is -2.02. The van der Waals surface area contributed by atoms with Crippen molar-refractivity contribution >= 4 is 11.3 Å². The number of aromatic nitrogens is 2. The highest BCUT2D eigenvalue weighted by molar-refractivity contribution is 7.16. The van der Waals surface area contributed by atoms with Crippen molar-refractivity contribution in [3.05, 3.63) is 42.3 Å². The molecule has 0 saturated heterocycles. The van der Waals surface area contributed by atoms with Crippen molar-refractivity contribution in [2.45, 2.75) is 25.8 Å². The van der Waals surface area contributed by atoms with E-state index in [9.17, 15) is 0 Å². The van der Waals surface area contributed by atoms with Crippen LogP contribution in [0.4, 0.5) is 0 Å². The van der Waals surface area contributed by atoms with Gasteiger partial charge in [-0.3, -0.25) is 0 Å². The van der Waals surface area contributed by atoms with E-state index in [2.05, 4.69) is 10.1 Å². The number of rotatable bonds is 7. The molecule has 0 radical (unpaired) electrons. The number of hydrogen-bond donors (Lipinski definition) is 1. The molecule has 0 bridgehead atoms. The van der Waals surface area contributed by atoms with Crippen LogP contribution in [0.3, 0.4) is 0 Å². The van der Waals surface area contributed by atoms with Crippen LogP contribution in [0.15, 0.2) is 41.1 Å². The van der Waals surface area contributed by atoms with Gasteiger partial charge in [-0.1, -0.05) is 22.6 Å². The average molecular weight is 357 g/mol. The summed E-state index contributed by atoms with van der Waals surface area (Å²) in [7, 11) is 0. The molecule has 130 valence electrons. The lowest BCUT2D eigenvalue weighted by molar-refractivity contribution is 0.298. The molecule has 1 aliphatic rings. The zero-order chi connectivity index (χ0) is 17.2. The normalized spacial score (nSPS) is 15.1. The van der Waals surface area contributed by atoms with E-state index in [1.807, 2.05) is 37.3 Å². The van der Waals surface area contributed by atoms with Gasteiger partial charge in [-0.2, -0.15) is 0 Å². The van der Waals surface area contributed by atoms with E-state index < -0.39 is 0 Å². The molecule has 7 heteroatoms. The van der Waals surface area contributed by atoms with Gasteiger partial charge in [-0.05, 0) is 37.8 Å². The summed E-state index contributed by atoms with van der Waals surface area (Å²) < 4.78 is 16.8. The van der Waals surface area contributed by atoms with Crippen molar-refractivity contribution in [3.8, 4) is 27.3 Å². The number of ether oxygens (including phenoxy) is 2. The van der Waals surface area contributed by atoms with E-state index in [0.717, 1.165) is 23.2 Å². The van der Waals surface area contributed by atoms with E-state index >= 15 is 0 Å². The van der Waals surface area contributed by atoms with Gasteiger partial charge in [0, 0.05) is 12.1 Å². The van der Waals surface area contributed by atoms with Gasteiger partial charge in [0.05, 0.1) is 23.7 Å². The van der Waals surface area contributed by atoms with E-state index in [1.165, 1.54) is 24.2 Å². The number of benzene rings is 1. The Kier molecular flexibility index (Phi) is 4.42. The lowest BCUT2D eigenvalue weighted by atomic mass is 10.2. The predicted molar refractivity (Wildman–Crippen MR) is 94.9 cm³/mol. The van der Waals surface area contributed by atoms with Crippen LogP contribution >= 0.6 is 11.3 Å². The van der Waals surface area contributed by atoms with Crippen LogP contribution in [0.5, 0.6) is 16.7 Å². The summed E-state index contributed by atoms with van der Waals surface area (Å²) in [5, 5.41) is 4.57. The molecule has 1 aliphatic carbocycles. The molecule has 6 nitrogen and oxygen atoms in total. The third-order valence-electron chi connectivity index (χ3n) is 3.91. The summed E-state index contributed by atoms with van der Waals surface area (Å²) in [6.45, 7) is 2.63. The van der Waals surface area contributed by atoms with Crippen molar-refractivity contribution < 1.29 is 14.0 Å². The van der Waals surface area contributed by atoms with Gasteiger partial charge in [0.2, 0.25) is 0 Å². The van der Waals surface area contributed by atoms with Gasteiger partial charge in [0.15, 0.2) is 5.76 Å². The molecule has 0 spiro atoms. The first-order chi connectivity index (χ1) is 12.2. The van der Waals surface area contributed by atoms with Crippen LogP contribution in [0, 0.1) is 5.92 Å². The summed E-state index contributed by atoms with van der Waals surface area (Å²) in [5.74, 6) is 2.88. The van der Waals surface area contributed by atoms with Crippen molar-refractivity contribution in [2.75, 3.05) is 6.61 Å². The molecule has 2 aromatic heterocycles. The first-order valence-corrected chi connectivity index (χ1v) is 9.08. The summed E-state index contributed by atoms with van der Waals surface area (Å²) in [6, 6.07) is 9.26. The summed E-state index contributed by atoms with van der Waals surface area (Å²) in [6.07, 6.45) is 4.26. The Morgan fingerprint density at radius 3 is 2.92 bits per heavy atom. The highest BCUT2D eigenvalue weighted by Crippen LogP contribution is 2.34. The molecule has 0 amide bonds. The SMILES string of the molecule is CC(N)c1cc(-c2cnc(Oc3cccc(OCC4CC4)c3)s2)no1. The van der Waals surface area contributed by atoms with Crippen LogP contribution in [0.2, 0.25) is 0 Å². The molecule has 2 N–H and O–H groups in total. The Balaban J connectivity index is 1.44. The van der Waals surface area contributed by atoms with Crippen molar-refractivity contribution in [3.63, 3.8) is 0 Å². The summed E-state index contributed by atoms with van der Waals surface area (Å²) in [4.78, 5) is 5.17. The first-order valence-electron chi connectivity index (χ1n) is 8.26. The second-order valence-corrected chi connectivity index (χ2v) is 7.22. The Morgan fingerprint density at radius 2 is 2.16 bits per heavy atom. The molecular weight excluding hydrogens is 338 g/mol. The maximum absolute atomic E-state index is 5.84. The quantitative estimate of drug-likeness (QED) is 0.675. The molecule has 3 aromatic rings. The molecule has 25 heavy (non-hydrogen) atoms. The molecule has 1 unspecified atom stereocenters. The highest BCUT2D eigenvalue weighted by Gasteiger charge is 2.22. The monoisotopic (exact) mass is 357 g/mol. The molecule has 2 heterocycles. The second-order valence-electron chi connectivity index (χ2n) is 6.22. The number of nitrogens with two attached hydrogens (primary N) is 1. The van der Waals surface area contributed by atoms with E-state index in [4.69, 9.17) is 19.7 Å². The van der Waals surface area contributed by atoms with E-state index in [1.54, 1.807) is 6.20 Å². The summed E-state index contributed by atoms with van der Waals surface area (Å²) >= 11 is 1.40. The smallest absolute Gasteiger partial charge is 0.279 e. The number of hydrogen-bond acceptors (Lipinski definition) is 7. The Bertz CT molecular complexity index is 855. The van der Waals surface area contributed by atoms with Crippen LogP contribution < -0.4 is 15.2 Å². The van der Waals surface area contributed by atoms with Gasteiger partial charge in [-0.15, -0.1) is 0 Å². The topological polar surface area (TPSA) is 83.4 Å². The Labute approximate surface area is 149 Å². The molecule has 1 fully saturated rings. The van der Waals surface area contributed by atoms with Gasteiger partial charge in [-0.25, -0.2) is 4.98 Å². The maximum atomic E-state index is 5.84. The van der Waals surface area contributed by atoms with E-state index in [0.29, 0.717) is 22.4 Å². The minimum absolute atomic E-state index is 0.191. The lowest BCUT2D eigenvalue weighted by Gasteiger charge is -2.07. The zero-order valence-corrected chi connectivity index (χ0v) is 14.7. The zero-order valence-electron chi connectivity index (χ0n) is 13.8. The molecule has 4 rings (SSSR count). The summed E-state index contributed by atoms with van der Waals surface area (Å²) in [5.41, 5.74) is 6.50. The second kappa shape index (κ2) is 6.85. The Hall–Kier alpha value is -2.38. The fraction of sp³-hybridized carbons (Fsp3) is 0.333. The molecule has 1 atom stereocenters. The van der Waals surface area contributed by atoms with Crippen molar-refractivity contribution in [2.24, 2.45) is 11.7 Å². The van der Waals surface area contributed by atoms with Crippen molar-refractivity contribution in [1.29, 1.82) is 0 Å². The van der Waals surface area contributed by atoms with Crippen LogP contribution in [-0.4, -0.2) is 16.7 Å². The molecule has 1 aromatic carbocycles. The van der Waals surface area contributed by atoms with Gasteiger partial charge < -0.3 is 19.7 Å². The Morgan fingerprint density at radius 1 is 1.32 bits per heavy atom. The van der Waals surface area contributed by atoms with Crippen LogP contribution in [0.1, 0.15) is 31.6 Å². The molecular formula is C18H19N3O3S. The maximum Gasteiger partial charge on any atom is 0.279 e. The number of nitrogens with zero attached hydrogens (tertiary/aromatic N) is 2. The van der Waals surface area contributed by atoms with Crippen LogP contribution in [0.25, 0.3) is 10.6 Å². The van der Waals surface area contributed by atoms with Gasteiger partial charge in [0.25, 0.3) is 5.19 Å². The number of thiazole rings is 1. The minimum atomic E-state index is -0.191. The average Bonchev–Trinajstić information content (AvgIpc) is 3.09. The van der Waals surface area contributed by atoms with Crippen LogP contribution in [-0.2, 0) is 0 Å². The van der Waals surface area contributed by atoms with Crippen molar-refractivity contribution in [1.82, 2.24) is 10.1 Å². The standard InChI is InChI=1S/C18H19N3O3S/c1-11(19)16-8-15(21-24-16)17-9-20-18(25-17)23-14-4-2-3-13(7-14)22-10-12-5-6-12/h2-4,7-9,11-12H,5-6,10,19H2,1H3. The molecule has 0 aliphatic heterocycles. The third kappa shape index (κ3) is 4.00. The first kappa shape index (κ1) is 16.1. The van der Waals surface area contributed by atoms with E-state index in [-0.39, 0.29) is 6.04 Å². The predicted octanol–water partition coefficient (Wildman–Crippen LogP) is 4.40. The van der Waals surface area contributed by atoms with Gasteiger partial charge in [0.1, 0.15) is 17.2 Å². The third-order valence-corrected chi connectivity index (χ3v) is 4.81. The fourth-order valence-corrected chi connectivity index (χ4v) is 3.01. The largest absolute Gasteiger partial charge is 0.493 e. The molecule has 1 saturated carbocycles. The highest BCUT2D eigenvalue weighted by atomic mass is 32.1.